The summed E-state index contributed by atoms with van der Waals surface area (Å²) >= 11 is 0. The Bertz CT molecular complexity index is 657. The van der Waals surface area contributed by atoms with Crippen LogP contribution in [0.3, 0.4) is 0 Å². The Morgan fingerprint density at radius 2 is 1.72 bits per heavy atom. The van der Waals surface area contributed by atoms with Crippen LogP contribution in [0.5, 0.6) is 5.75 Å². The van der Waals surface area contributed by atoms with E-state index in [2.05, 4.69) is 67.3 Å². The van der Waals surface area contributed by atoms with Gasteiger partial charge < -0.3 is 9.64 Å². The van der Waals surface area contributed by atoms with Crippen LogP contribution in [0, 0.1) is 0 Å². The molecule has 2 nitrogen and oxygen atoms in total. The van der Waals surface area contributed by atoms with Gasteiger partial charge in [-0.25, -0.2) is 0 Å². The van der Waals surface area contributed by atoms with E-state index in [1.54, 1.807) is 7.11 Å². The highest BCUT2D eigenvalue weighted by Crippen LogP contribution is 2.31. The topological polar surface area (TPSA) is 12.5 Å². The number of hydrogen-bond acceptors (Lipinski definition) is 2. The lowest BCUT2D eigenvalue weighted by Gasteiger charge is -2.32. The third kappa shape index (κ3) is 4.43. The van der Waals surface area contributed by atoms with Gasteiger partial charge in [-0.1, -0.05) is 56.3 Å². The summed E-state index contributed by atoms with van der Waals surface area (Å²) < 4.78 is 5.59. The first-order valence-electron chi connectivity index (χ1n) is 9.62. The molecule has 0 atom stereocenters. The highest BCUT2D eigenvalue weighted by Gasteiger charge is 2.21. The van der Waals surface area contributed by atoms with E-state index >= 15 is 0 Å². The molecule has 2 heteroatoms. The Balaban J connectivity index is 1.57. The summed E-state index contributed by atoms with van der Waals surface area (Å²) in [7, 11) is 1.78. The third-order valence-electron chi connectivity index (χ3n) is 5.51. The summed E-state index contributed by atoms with van der Waals surface area (Å²) in [5.74, 6) is 2.27. The van der Waals surface area contributed by atoms with Crippen LogP contribution in [0.25, 0.3) is 0 Å². The second kappa shape index (κ2) is 8.53. The van der Waals surface area contributed by atoms with Crippen LogP contribution in [0.4, 0.5) is 0 Å². The van der Waals surface area contributed by atoms with E-state index < -0.39 is 0 Å². The van der Waals surface area contributed by atoms with Gasteiger partial charge in [0.15, 0.2) is 0 Å². The zero-order valence-electron chi connectivity index (χ0n) is 15.9. The Kier molecular flexibility index (Phi) is 6.14. The van der Waals surface area contributed by atoms with Crippen molar-refractivity contribution in [3.05, 3.63) is 65.2 Å². The van der Waals surface area contributed by atoms with E-state index in [1.165, 1.54) is 42.6 Å². The summed E-state index contributed by atoms with van der Waals surface area (Å²) in [6.07, 6.45) is 3.67. The Hall–Kier alpha value is -1.80. The minimum atomic E-state index is 0.495. The Morgan fingerprint density at radius 3 is 2.36 bits per heavy atom. The lowest BCUT2D eigenvalue weighted by Crippen LogP contribution is -2.34. The molecular weight excluding hydrogens is 306 g/mol. The maximum Gasteiger partial charge on any atom is 0.122 e. The van der Waals surface area contributed by atoms with E-state index in [0.717, 1.165) is 24.6 Å². The van der Waals surface area contributed by atoms with E-state index in [-0.39, 0.29) is 0 Å². The van der Waals surface area contributed by atoms with Crippen molar-refractivity contribution in [3.8, 4) is 5.75 Å². The molecule has 1 saturated heterocycles. The van der Waals surface area contributed by atoms with Gasteiger partial charge in [-0.15, -0.1) is 0 Å². The average Bonchev–Trinajstić information content (AvgIpc) is 2.67. The molecular formula is C23H31NO. The molecule has 0 radical (unpaired) electrons. The SMILES string of the molecule is COc1cccc(CCN2CCC(c3ccccc3)CC2)c1C(C)C. The minimum absolute atomic E-state index is 0.495. The normalized spacial score (nSPS) is 16.3. The number of benzene rings is 2. The molecule has 1 aliphatic heterocycles. The van der Waals surface area contributed by atoms with Gasteiger partial charge in [0, 0.05) is 6.54 Å². The molecule has 2 aromatic rings. The number of rotatable bonds is 6. The molecule has 0 amide bonds. The first-order valence-corrected chi connectivity index (χ1v) is 9.62. The second-order valence-electron chi connectivity index (χ2n) is 7.46. The van der Waals surface area contributed by atoms with Gasteiger partial charge in [0.2, 0.25) is 0 Å². The standard InChI is InChI=1S/C23H31NO/c1-18(2)23-21(10-7-11-22(23)25-3)14-17-24-15-12-20(13-16-24)19-8-5-4-6-9-19/h4-11,18,20H,12-17H2,1-3H3. The summed E-state index contributed by atoms with van der Waals surface area (Å²) in [5, 5.41) is 0. The van der Waals surface area contributed by atoms with Gasteiger partial charge >= 0.3 is 0 Å². The highest BCUT2D eigenvalue weighted by atomic mass is 16.5. The predicted octanol–water partition coefficient (Wildman–Crippen LogP) is 5.24. The number of ether oxygens (including phenoxy) is 1. The average molecular weight is 338 g/mol. The molecule has 25 heavy (non-hydrogen) atoms. The maximum absolute atomic E-state index is 5.59. The van der Waals surface area contributed by atoms with Crippen LogP contribution >= 0.6 is 0 Å². The summed E-state index contributed by atoms with van der Waals surface area (Å²) in [4.78, 5) is 2.63. The Morgan fingerprint density at radius 1 is 1.00 bits per heavy atom. The van der Waals surface area contributed by atoms with Crippen molar-refractivity contribution in [2.24, 2.45) is 0 Å². The lowest BCUT2D eigenvalue weighted by molar-refractivity contribution is 0.214. The van der Waals surface area contributed by atoms with Crippen molar-refractivity contribution in [1.29, 1.82) is 0 Å². The third-order valence-corrected chi connectivity index (χ3v) is 5.51. The van der Waals surface area contributed by atoms with Crippen molar-refractivity contribution in [1.82, 2.24) is 4.90 Å². The lowest BCUT2D eigenvalue weighted by atomic mass is 9.89. The van der Waals surface area contributed by atoms with E-state index in [4.69, 9.17) is 4.74 Å². The molecule has 0 aliphatic carbocycles. The fourth-order valence-electron chi connectivity index (χ4n) is 4.13. The molecule has 1 heterocycles. The smallest absolute Gasteiger partial charge is 0.122 e. The van der Waals surface area contributed by atoms with Crippen molar-refractivity contribution in [2.45, 2.75) is 44.9 Å². The monoisotopic (exact) mass is 337 g/mol. The Labute approximate surface area is 152 Å². The molecule has 0 saturated carbocycles. The predicted molar refractivity (Wildman–Crippen MR) is 106 cm³/mol. The molecule has 0 unspecified atom stereocenters. The molecule has 134 valence electrons. The van der Waals surface area contributed by atoms with Crippen molar-refractivity contribution in [2.75, 3.05) is 26.7 Å². The zero-order valence-corrected chi connectivity index (χ0v) is 15.9. The van der Waals surface area contributed by atoms with Crippen molar-refractivity contribution >= 4 is 0 Å². The van der Waals surface area contributed by atoms with Gasteiger partial charge in [-0.2, -0.15) is 0 Å². The van der Waals surface area contributed by atoms with Crippen LogP contribution in [-0.2, 0) is 6.42 Å². The van der Waals surface area contributed by atoms with Gasteiger partial charge in [0.25, 0.3) is 0 Å². The minimum Gasteiger partial charge on any atom is -0.496 e. The molecule has 0 N–H and O–H groups in total. The van der Waals surface area contributed by atoms with Crippen molar-refractivity contribution < 1.29 is 4.74 Å². The van der Waals surface area contributed by atoms with Gasteiger partial charge in [0.1, 0.15) is 5.75 Å². The molecule has 3 rings (SSSR count). The quantitative estimate of drug-likeness (QED) is 0.714. The van der Waals surface area contributed by atoms with Crippen molar-refractivity contribution in [3.63, 3.8) is 0 Å². The van der Waals surface area contributed by atoms with E-state index in [1.807, 2.05) is 0 Å². The van der Waals surface area contributed by atoms with Crippen LogP contribution < -0.4 is 4.74 Å². The van der Waals surface area contributed by atoms with E-state index in [9.17, 15) is 0 Å². The fourth-order valence-corrected chi connectivity index (χ4v) is 4.13. The molecule has 2 aromatic carbocycles. The van der Waals surface area contributed by atoms with E-state index in [0.29, 0.717) is 5.92 Å². The summed E-state index contributed by atoms with van der Waals surface area (Å²) in [5.41, 5.74) is 4.33. The number of nitrogens with zero attached hydrogens (tertiary/aromatic N) is 1. The molecule has 1 fully saturated rings. The number of hydrogen-bond donors (Lipinski definition) is 0. The first-order chi connectivity index (χ1) is 12.2. The zero-order chi connectivity index (χ0) is 17.6. The molecule has 1 aliphatic rings. The van der Waals surface area contributed by atoms with Crippen LogP contribution in [0.15, 0.2) is 48.5 Å². The number of methoxy groups -OCH3 is 1. The highest BCUT2D eigenvalue weighted by molar-refractivity contribution is 5.42. The fraction of sp³-hybridized carbons (Fsp3) is 0.478. The number of piperidine rings is 1. The number of likely N-dealkylation sites (tertiary alicyclic amines) is 1. The maximum atomic E-state index is 5.59. The van der Waals surface area contributed by atoms with Gasteiger partial charge in [0.05, 0.1) is 7.11 Å². The van der Waals surface area contributed by atoms with Gasteiger partial charge in [-0.3, -0.25) is 0 Å². The van der Waals surface area contributed by atoms with Gasteiger partial charge in [-0.05, 0) is 66.9 Å². The summed E-state index contributed by atoms with van der Waals surface area (Å²) in [6.45, 7) is 8.08. The van der Waals surface area contributed by atoms with Crippen LogP contribution in [0.2, 0.25) is 0 Å². The largest absolute Gasteiger partial charge is 0.496 e. The first kappa shape index (κ1) is 18.0. The molecule has 0 bridgehead atoms. The summed E-state index contributed by atoms with van der Waals surface area (Å²) in [6, 6.07) is 17.5. The van der Waals surface area contributed by atoms with Crippen LogP contribution in [-0.4, -0.2) is 31.6 Å². The van der Waals surface area contributed by atoms with Crippen LogP contribution in [0.1, 0.15) is 55.2 Å². The second-order valence-corrected chi connectivity index (χ2v) is 7.46. The molecule has 0 spiro atoms. The molecule has 0 aromatic heterocycles.